The highest BCUT2D eigenvalue weighted by atomic mass is 127. The van der Waals surface area contributed by atoms with Gasteiger partial charge >= 0.3 is 0 Å². The minimum absolute atomic E-state index is 0. The first kappa shape index (κ1) is 274. The van der Waals surface area contributed by atoms with E-state index in [1.54, 1.807) is 0 Å². The normalized spacial score (nSPS) is 0. The van der Waals surface area contributed by atoms with Crippen molar-refractivity contribution in [2.24, 2.45) is 0 Å². The lowest BCUT2D eigenvalue weighted by Gasteiger charge is -2.00. The van der Waals surface area contributed by atoms with Gasteiger partial charge in [0.15, 0.2) is 0 Å². The molecule has 0 N–H and O–H groups in total. The van der Waals surface area contributed by atoms with Crippen LogP contribution in [-0.2, 0) is 27.4 Å². The van der Waals surface area contributed by atoms with Gasteiger partial charge in [-0.2, -0.15) is 0 Å². The van der Waals surface area contributed by atoms with Gasteiger partial charge in [0.25, 0.3) is 0 Å². The average molecular weight is 346 g/mol. The summed E-state index contributed by atoms with van der Waals surface area (Å²) in [6.45, 7) is 0. The molecule has 7 heteroatoms. The molecule has 0 aliphatic rings. The highest BCUT2D eigenvalue weighted by Gasteiger charge is -1.74. The lowest BCUT2D eigenvalue weighted by atomic mass is 16.0. The molecule has 0 radical (unpaired) electrons. The molecule has 0 saturated heterocycles. The second-order valence-corrected chi connectivity index (χ2v) is 0. The van der Waals surface area contributed by atoms with Gasteiger partial charge in [-0.25, -0.2) is 0 Å². The number of hydrogen-bond donors (Lipinski definition) is 0. The fourth-order valence-electron chi connectivity index (χ4n) is 0. The molecular formula is H12I2O5. The van der Waals surface area contributed by atoms with E-state index in [0.29, 0.717) is 0 Å². The van der Waals surface area contributed by atoms with Crippen LogP contribution in [-0.4, -0.2) is 0 Å². The van der Waals surface area contributed by atoms with E-state index in [2.05, 4.69) is 0 Å². The van der Waals surface area contributed by atoms with E-state index in [-0.39, 0.29) is 75.3 Å². The van der Waals surface area contributed by atoms with Crippen molar-refractivity contribution >= 4 is 0 Å². The van der Waals surface area contributed by atoms with Crippen LogP contribution < -0.4 is 0 Å². The van der Waals surface area contributed by atoms with Gasteiger partial charge in [-0.3, -0.25) is 0 Å². The Morgan fingerprint density at radius 2 is 0.286 bits per heavy atom. The van der Waals surface area contributed by atoms with E-state index in [1.807, 2.05) is 0 Å². The summed E-state index contributed by atoms with van der Waals surface area (Å²) in [6, 6.07) is 0. The first-order valence-corrected chi connectivity index (χ1v) is 0. The van der Waals surface area contributed by atoms with E-state index in [4.69, 9.17) is 0 Å². The minimum Gasteiger partial charge on any atom is -2.00 e. The second kappa shape index (κ2) is 179. The molecule has 0 atom stereocenters. The maximum absolute atomic E-state index is 0. The SMILES string of the molecule is [IH6+5].[IH6+5].[O-2].[O-2].[O-2].[O-2].[O-2]. The van der Waals surface area contributed by atoms with Gasteiger partial charge in [0.05, 0.1) is 0 Å². The van der Waals surface area contributed by atoms with Crippen LogP contribution in [0.15, 0.2) is 0 Å². The summed E-state index contributed by atoms with van der Waals surface area (Å²) in [7, 11) is 0. The smallest absolute Gasteiger partial charge is 1.74 e. The fraction of sp³-hybridized carbons (Fsp3) is 0. The van der Waals surface area contributed by atoms with Crippen molar-refractivity contribution in [2.45, 2.75) is 0 Å². The Kier molecular flexibility index (Phi) is 7020. The summed E-state index contributed by atoms with van der Waals surface area (Å²) in [5.74, 6) is 0. The van der Waals surface area contributed by atoms with Crippen LogP contribution in [0.3, 0.4) is 0 Å². The Balaban J connectivity index is 0. The third-order valence-electron chi connectivity index (χ3n) is 0. The Bertz CT molecular complexity index is 6.04. The van der Waals surface area contributed by atoms with Gasteiger partial charge in [0.1, 0.15) is 0 Å². The van der Waals surface area contributed by atoms with Crippen molar-refractivity contribution in [3.05, 3.63) is 0 Å². The van der Waals surface area contributed by atoms with Crippen molar-refractivity contribution in [3.63, 3.8) is 0 Å². The fourth-order valence-corrected chi connectivity index (χ4v) is 0. The van der Waals surface area contributed by atoms with Crippen LogP contribution in [0.1, 0.15) is 0 Å². The predicted molar refractivity (Wildman–Crippen MR) is 20.2 cm³/mol. The third kappa shape index (κ3) is 127. The van der Waals surface area contributed by atoms with Gasteiger partial charge < -0.3 is 75.3 Å². The van der Waals surface area contributed by atoms with Gasteiger partial charge in [-0.1, -0.05) is 0 Å². The Morgan fingerprint density at radius 1 is 0.286 bits per heavy atom. The number of halogens is 2. The molecule has 0 saturated carbocycles. The van der Waals surface area contributed by atoms with Crippen LogP contribution in [0.4, 0.5) is 0 Å². The standard InChI is InChI=1S/2I.5O/q2*+5;5*-2. The zero-order valence-corrected chi connectivity index (χ0v) is 15.5. The van der Waals surface area contributed by atoms with Gasteiger partial charge in [-0.15, -0.1) is 0 Å². The molecule has 0 bridgehead atoms. The highest BCUT2D eigenvalue weighted by molar-refractivity contribution is 0.691. The molecule has 5 nitrogen and oxygen atoms in total. The van der Waals surface area contributed by atoms with E-state index in [0.717, 1.165) is 0 Å². The van der Waals surface area contributed by atoms with E-state index >= 15 is 0 Å². The van der Waals surface area contributed by atoms with Crippen LogP contribution in [0.5, 0.6) is 0 Å². The molecule has 0 rings (SSSR count). The number of hydrogen-bond acceptors (Lipinski definition) is 0. The summed E-state index contributed by atoms with van der Waals surface area (Å²) in [5, 5.41) is 0. The average Bonchev–Trinajstić information content (AvgIpc) is 0. The third-order valence-corrected chi connectivity index (χ3v) is 0. The summed E-state index contributed by atoms with van der Waals surface area (Å²) in [6.07, 6.45) is 0. The lowest BCUT2D eigenvalue weighted by molar-refractivity contribution is -0.001000. The molecule has 7 heavy (non-hydrogen) atoms. The van der Waals surface area contributed by atoms with Gasteiger partial charge in [-0.05, 0) is 0 Å². The zero-order chi connectivity index (χ0) is 0. The monoisotopic (exact) mass is 346 g/mol. The van der Waals surface area contributed by atoms with Gasteiger partial charge in [0, 0.05) is 0 Å². The Hall–Kier alpha value is 1.26. The first-order chi connectivity index (χ1) is 0. The quantitative estimate of drug-likeness (QED) is 0.397. The molecule has 0 spiro atoms. The van der Waals surface area contributed by atoms with Crippen LogP contribution in [0.25, 0.3) is 0 Å². The lowest BCUT2D eigenvalue weighted by Crippen LogP contribution is -0.120. The van der Waals surface area contributed by atoms with Crippen LogP contribution in [0, 0.1) is 48.0 Å². The summed E-state index contributed by atoms with van der Waals surface area (Å²) >= 11 is 0. The summed E-state index contributed by atoms with van der Waals surface area (Å²) in [4.78, 5) is 0. The minimum atomic E-state index is 0. The Labute approximate surface area is 75.1 Å². The van der Waals surface area contributed by atoms with Crippen LogP contribution >= 0.6 is 0 Å². The number of rotatable bonds is 0. The highest BCUT2D eigenvalue weighted by Crippen LogP contribution is 0.00109. The van der Waals surface area contributed by atoms with Crippen molar-refractivity contribution in [1.29, 1.82) is 0 Å². The molecular weight excluding hydrogens is 334 g/mol. The molecule has 0 fully saturated rings. The van der Waals surface area contributed by atoms with Crippen molar-refractivity contribution in [3.8, 4) is 0 Å². The molecule has 0 aromatic carbocycles. The molecule has 0 amide bonds. The van der Waals surface area contributed by atoms with E-state index in [9.17, 15) is 0 Å². The molecule has 0 heterocycles. The van der Waals surface area contributed by atoms with E-state index < -0.39 is 0 Å². The molecule has 0 aliphatic heterocycles. The molecule has 56 valence electrons. The van der Waals surface area contributed by atoms with Gasteiger partial charge in [0.2, 0.25) is 0 Å². The second-order valence-electron chi connectivity index (χ2n) is 0. The maximum Gasteiger partial charge on any atom is -1.74 e. The summed E-state index contributed by atoms with van der Waals surface area (Å²) < 4.78 is 0. The molecule has 0 aromatic heterocycles. The maximum atomic E-state index is 0. The molecule has 0 aromatic rings. The topological polar surface area (TPSA) is 142 Å². The zero-order valence-electron chi connectivity index (χ0n) is 4.04. The molecule has 0 aliphatic carbocycles. The van der Waals surface area contributed by atoms with Crippen molar-refractivity contribution in [1.82, 2.24) is 0 Å². The Morgan fingerprint density at radius 3 is 0.286 bits per heavy atom. The first-order valence-electron chi connectivity index (χ1n) is 0. The predicted octanol–water partition coefficient (Wildman–Crippen LogP) is -3.81. The summed E-state index contributed by atoms with van der Waals surface area (Å²) in [5.41, 5.74) is 0. The van der Waals surface area contributed by atoms with Crippen molar-refractivity contribution in [2.75, 3.05) is 0 Å². The molecule has 0 unspecified atom stereocenters. The van der Waals surface area contributed by atoms with Crippen molar-refractivity contribution < 1.29 is 75.3 Å². The van der Waals surface area contributed by atoms with E-state index in [1.165, 1.54) is 0 Å². The van der Waals surface area contributed by atoms with Crippen LogP contribution in [0.2, 0.25) is 0 Å². The largest absolute Gasteiger partial charge is 2.00 e.